The highest BCUT2D eigenvalue weighted by atomic mass is 32.1. The second kappa shape index (κ2) is 4.28. The van der Waals surface area contributed by atoms with Crippen molar-refractivity contribution in [1.29, 1.82) is 0 Å². The van der Waals surface area contributed by atoms with E-state index >= 15 is 0 Å². The number of nitrogens with zero attached hydrogens (tertiary/aromatic N) is 1. The highest BCUT2D eigenvalue weighted by Crippen LogP contribution is 2.21. The number of aromatic nitrogens is 2. The lowest BCUT2D eigenvalue weighted by Crippen LogP contribution is -2.22. The molecule has 0 aromatic carbocycles. The average Bonchev–Trinajstić information content (AvgIpc) is 2.61. The van der Waals surface area contributed by atoms with Crippen molar-refractivity contribution in [2.24, 2.45) is 0 Å². The molecule has 1 N–H and O–H groups in total. The molecular weight excluding hydrogens is 196 g/mol. The molecule has 1 aromatic heterocycles. The monoisotopic (exact) mass is 212 g/mol. The van der Waals surface area contributed by atoms with Crippen LogP contribution in [0.2, 0.25) is 0 Å². The summed E-state index contributed by atoms with van der Waals surface area (Å²) in [5.74, 6) is 0. The van der Waals surface area contributed by atoms with Crippen molar-refractivity contribution >= 4 is 12.2 Å². The van der Waals surface area contributed by atoms with E-state index in [1.54, 1.807) is 0 Å². The first kappa shape index (κ1) is 9.93. The minimum atomic E-state index is 0.442. The Morgan fingerprint density at radius 2 is 2.57 bits per heavy atom. The Balaban J connectivity index is 2.28. The number of aryl methyl sites for hydroxylation is 1. The summed E-state index contributed by atoms with van der Waals surface area (Å²) in [6, 6.07) is 0.442. The van der Waals surface area contributed by atoms with Crippen LogP contribution < -0.4 is 0 Å². The molecule has 1 aromatic rings. The van der Waals surface area contributed by atoms with E-state index in [9.17, 15) is 0 Å². The Morgan fingerprint density at radius 3 is 3.21 bits per heavy atom. The highest BCUT2D eigenvalue weighted by Gasteiger charge is 2.18. The zero-order valence-electron chi connectivity index (χ0n) is 8.45. The third-order valence-corrected chi connectivity index (χ3v) is 3.07. The van der Waals surface area contributed by atoms with E-state index in [1.807, 2.05) is 6.20 Å². The van der Waals surface area contributed by atoms with Crippen molar-refractivity contribution in [2.45, 2.75) is 32.2 Å². The second-order valence-electron chi connectivity index (χ2n) is 3.68. The first-order valence-electron chi connectivity index (χ1n) is 5.19. The van der Waals surface area contributed by atoms with E-state index in [0.29, 0.717) is 6.04 Å². The number of hydrogen-bond donors (Lipinski definition) is 1. The summed E-state index contributed by atoms with van der Waals surface area (Å²) in [6.45, 7) is 3.85. The average molecular weight is 212 g/mol. The minimum absolute atomic E-state index is 0.442. The molecule has 1 aliphatic rings. The maximum absolute atomic E-state index is 5.48. The lowest BCUT2D eigenvalue weighted by Gasteiger charge is -2.24. The molecule has 1 aliphatic heterocycles. The maximum Gasteiger partial charge on any atom is 0.177 e. The number of hydrogen-bond acceptors (Lipinski definition) is 2. The Kier molecular flexibility index (Phi) is 3.03. The molecule has 14 heavy (non-hydrogen) atoms. The summed E-state index contributed by atoms with van der Waals surface area (Å²) in [5.41, 5.74) is 1.28. The summed E-state index contributed by atoms with van der Waals surface area (Å²) < 4.78 is 8.53. The third-order valence-electron chi connectivity index (χ3n) is 2.75. The largest absolute Gasteiger partial charge is 0.379 e. The molecule has 0 spiro atoms. The van der Waals surface area contributed by atoms with Gasteiger partial charge in [0.05, 0.1) is 12.6 Å². The smallest absolute Gasteiger partial charge is 0.177 e. The molecule has 1 fully saturated rings. The predicted molar refractivity (Wildman–Crippen MR) is 58.1 cm³/mol. The van der Waals surface area contributed by atoms with Gasteiger partial charge in [-0.2, -0.15) is 0 Å². The van der Waals surface area contributed by atoms with Crippen molar-refractivity contribution in [3.8, 4) is 0 Å². The molecule has 2 rings (SSSR count). The molecular formula is C10H16N2OS. The van der Waals surface area contributed by atoms with E-state index in [2.05, 4.69) is 16.5 Å². The summed E-state index contributed by atoms with van der Waals surface area (Å²) in [4.78, 5) is 3.11. The number of aromatic amines is 1. The van der Waals surface area contributed by atoms with E-state index < -0.39 is 0 Å². The first-order chi connectivity index (χ1) is 6.83. The Morgan fingerprint density at radius 1 is 1.71 bits per heavy atom. The van der Waals surface area contributed by atoms with E-state index in [1.165, 1.54) is 12.1 Å². The topological polar surface area (TPSA) is 29.9 Å². The predicted octanol–water partition coefficient (Wildman–Crippen LogP) is 2.46. The standard InChI is InChI=1S/C10H16N2OS/c1-2-8-6-11-10(14)12(8)9-4-3-5-13-7-9/h6,9H,2-5,7H2,1H3,(H,11,14). The van der Waals surface area contributed by atoms with E-state index in [4.69, 9.17) is 17.0 Å². The van der Waals surface area contributed by atoms with Crippen LogP contribution in [0.4, 0.5) is 0 Å². The zero-order chi connectivity index (χ0) is 9.97. The maximum atomic E-state index is 5.48. The summed E-state index contributed by atoms with van der Waals surface area (Å²) in [6.07, 6.45) is 5.35. The van der Waals surface area contributed by atoms with Crippen LogP contribution >= 0.6 is 12.2 Å². The normalized spacial score (nSPS) is 22.5. The molecule has 4 heteroatoms. The molecule has 1 unspecified atom stereocenters. The van der Waals surface area contributed by atoms with Crippen LogP contribution in [0, 0.1) is 4.77 Å². The van der Waals surface area contributed by atoms with Gasteiger partial charge in [0.1, 0.15) is 0 Å². The number of H-pyrrole nitrogens is 1. The quantitative estimate of drug-likeness (QED) is 0.763. The zero-order valence-corrected chi connectivity index (χ0v) is 9.27. The number of imidazole rings is 1. The molecule has 3 nitrogen and oxygen atoms in total. The summed E-state index contributed by atoms with van der Waals surface area (Å²) >= 11 is 5.27. The molecule has 1 saturated heterocycles. The van der Waals surface area contributed by atoms with E-state index in [0.717, 1.165) is 30.8 Å². The fourth-order valence-electron chi connectivity index (χ4n) is 2.01. The molecule has 0 aliphatic carbocycles. The van der Waals surface area contributed by atoms with Gasteiger partial charge in [0.15, 0.2) is 4.77 Å². The minimum Gasteiger partial charge on any atom is -0.379 e. The van der Waals surface area contributed by atoms with Crippen LogP contribution in [0.1, 0.15) is 31.5 Å². The van der Waals surface area contributed by atoms with Gasteiger partial charge in [0.2, 0.25) is 0 Å². The van der Waals surface area contributed by atoms with Crippen LogP contribution in [0.5, 0.6) is 0 Å². The summed E-state index contributed by atoms with van der Waals surface area (Å²) in [7, 11) is 0. The molecule has 1 atom stereocenters. The third kappa shape index (κ3) is 1.77. The molecule has 2 heterocycles. The van der Waals surface area contributed by atoms with Crippen LogP contribution in [0.3, 0.4) is 0 Å². The second-order valence-corrected chi connectivity index (χ2v) is 4.07. The van der Waals surface area contributed by atoms with Gasteiger partial charge in [-0.3, -0.25) is 0 Å². The Labute approximate surface area is 89.1 Å². The van der Waals surface area contributed by atoms with Gasteiger partial charge in [-0.15, -0.1) is 0 Å². The lowest BCUT2D eigenvalue weighted by atomic mass is 10.1. The lowest BCUT2D eigenvalue weighted by molar-refractivity contribution is 0.0579. The van der Waals surface area contributed by atoms with Gasteiger partial charge >= 0.3 is 0 Å². The van der Waals surface area contributed by atoms with Crippen molar-refractivity contribution in [3.63, 3.8) is 0 Å². The van der Waals surface area contributed by atoms with Crippen molar-refractivity contribution in [2.75, 3.05) is 13.2 Å². The fraction of sp³-hybridized carbons (Fsp3) is 0.700. The fourth-order valence-corrected chi connectivity index (χ4v) is 2.34. The van der Waals surface area contributed by atoms with Gasteiger partial charge in [-0.05, 0) is 31.5 Å². The Hall–Kier alpha value is -0.610. The molecule has 0 radical (unpaired) electrons. The molecule has 0 saturated carbocycles. The van der Waals surface area contributed by atoms with Gasteiger partial charge in [-0.25, -0.2) is 0 Å². The molecule has 0 bridgehead atoms. The molecule has 0 amide bonds. The van der Waals surface area contributed by atoms with Crippen LogP contribution in [0.25, 0.3) is 0 Å². The van der Waals surface area contributed by atoms with Gasteiger partial charge in [-0.1, -0.05) is 6.92 Å². The highest BCUT2D eigenvalue weighted by molar-refractivity contribution is 7.71. The van der Waals surface area contributed by atoms with Crippen molar-refractivity contribution in [1.82, 2.24) is 9.55 Å². The molecule has 78 valence electrons. The van der Waals surface area contributed by atoms with Crippen molar-refractivity contribution in [3.05, 3.63) is 16.7 Å². The van der Waals surface area contributed by atoms with Crippen LogP contribution in [0.15, 0.2) is 6.20 Å². The van der Waals surface area contributed by atoms with Crippen LogP contribution in [-0.2, 0) is 11.2 Å². The number of nitrogens with one attached hydrogen (secondary N) is 1. The number of ether oxygens (including phenoxy) is 1. The first-order valence-corrected chi connectivity index (χ1v) is 5.60. The summed E-state index contributed by atoms with van der Waals surface area (Å²) in [5, 5.41) is 0. The SMILES string of the molecule is CCc1c[nH]c(=S)n1C1CCCOC1. The van der Waals surface area contributed by atoms with Crippen molar-refractivity contribution < 1.29 is 4.74 Å². The van der Waals surface area contributed by atoms with Crippen LogP contribution in [-0.4, -0.2) is 22.8 Å². The van der Waals surface area contributed by atoms with E-state index in [-0.39, 0.29) is 0 Å². The number of rotatable bonds is 2. The van der Waals surface area contributed by atoms with Gasteiger partial charge in [0, 0.05) is 18.5 Å². The van der Waals surface area contributed by atoms with Gasteiger partial charge in [0.25, 0.3) is 0 Å². The Bertz CT molecular complexity index is 349. The van der Waals surface area contributed by atoms with Gasteiger partial charge < -0.3 is 14.3 Å².